The smallest absolute Gasteiger partial charge is 0.164 e. The SMILES string of the molecule is O=C(CCN1CCC(c2cccc(Cl)c2)C1)c1ccc2cc3c(cc2c1)OCCS3. The van der Waals surface area contributed by atoms with Crippen LogP contribution in [0.3, 0.4) is 0 Å². The molecule has 0 spiro atoms. The van der Waals surface area contributed by atoms with Crippen LogP contribution in [0.15, 0.2) is 59.5 Å². The molecule has 1 unspecified atom stereocenters. The van der Waals surface area contributed by atoms with Gasteiger partial charge >= 0.3 is 0 Å². The number of benzene rings is 3. The number of Topliss-reactive ketones (excluding diaryl/α,β-unsaturated/α-hetero) is 1. The van der Waals surface area contributed by atoms with Crippen LogP contribution in [0.25, 0.3) is 10.8 Å². The number of carbonyl (C=O) groups excluding carboxylic acids is 1. The number of carbonyl (C=O) groups is 1. The first kappa shape index (κ1) is 19.9. The van der Waals surface area contributed by atoms with E-state index in [-0.39, 0.29) is 5.78 Å². The van der Waals surface area contributed by atoms with Crippen molar-refractivity contribution < 1.29 is 9.53 Å². The van der Waals surface area contributed by atoms with Crippen LogP contribution in [0.1, 0.15) is 34.7 Å². The maximum atomic E-state index is 12.9. The second kappa shape index (κ2) is 8.62. The lowest BCUT2D eigenvalue weighted by Gasteiger charge is -2.18. The van der Waals surface area contributed by atoms with Gasteiger partial charge in [-0.3, -0.25) is 4.79 Å². The molecule has 1 saturated heterocycles. The van der Waals surface area contributed by atoms with Crippen LogP contribution in [0.2, 0.25) is 5.02 Å². The normalized spacial score (nSPS) is 18.9. The molecular formula is C25H24ClNO2S. The number of halogens is 1. The van der Waals surface area contributed by atoms with Crippen LogP contribution in [0, 0.1) is 0 Å². The number of ether oxygens (including phenoxy) is 1. The van der Waals surface area contributed by atoms with Crippen LogP contribution in [0.5, 0.6) is 5.75 Å². The second-order valence-corrected chi connectivity index (χ2v) is 9.65. The number of nitrogens with zero attached hydrogens (tertiary/aromatic N) is 1. The molecule has 1 atom stereocenters. The molecule has 0 N–H and O–H groups in total. The van der Waals surface area contributed by atoms with E-state index in [1.54, 1.807) is 0 Å². The van der Waals surface area contributed by atoms with Crippen LogP contribution in [-0.4, -0.2) is 42.7 Å². The monoisotopic (exact) mass is 437 g/mol. The Morgan fingerprint density at radius 1 is 1.13 bits per heavy atom. The van der Waals surface area contributed by atoms with E-state index in [1.807, 2.05) is 36.0 Å². The van der Waals surface area contributed by atoms with Gasteiger partial charge in [0.15, 0.2) is 5.78 Å². The average Bonchev–Trinajstić information content (AvgIpc) is 3.25. The zero-order chi connectivity index (χ0) is 20.5. The van der Waals surface area contributed by atoms with Gasteiger partial charge in [0.05, 0.1) is 11.5 Å². The van der Waals surface area contributed by atoms with E-state index in [9.17, 15) is 4.79 Å². The molecule has 2 aliphatic rings. The minimum Gasteiger partial charge on any atom is -0.492 e. The third-order valence-corrected chi connectivity index (χ3v) is 7.31. The van der Waals surface area contributed by atoms with E-state index in [0.29, 0.717) is 12.3 Å². The molecule has 2 heterocycles. The number of ketones is 1. The van der Waals surface area contributed by atoms with Gasteiger partial charge in [0.1, 0.15) is 5.75 Å². The van der Waals surface area contributed by atoms with E-state index in [2.05, 4.69) is 35.2 Å². The van der Waals surface area contributed by atoms with Gasteiger partial charge < -0.3 is 9.64 Å². The topological polar surface area (TPSA) is 29.5 Å². The predicted molar refractivity (Wildman–Crippen MR) is 124 cm³/mol. The molecule has 3 aromatic carbocycles. The summed E-state index contributed by atoms with van der Waals surface area (Å²) in [6.45, 7) is 3.57. The summed E-state index contributed by atoms with van der Waals surface area (Å²) in [7, 11) is 0. The lowest BCUT2D eigenvalue weighted by atomic mass is 9.99. The third kappa shape index (κ3) is 4.22. The summed E-state index contributed by atoms with van der Waals surface area (Å²) >= 11 is 7.97. The maximum Gasteiger partial charge on any atom is 0.164 e. The van der Waals surface area contributed by atoms with Crippen molar-refractivity contribution in [3.8, 4) is 5.75 Å². The van der Waals surface area contributed by atoms with Crippen LogP contribution < -0.4 is 4.74 Å². The van der Waals surface area contributed by atoms with Crippen LogP contribution in [0.4, 0.5) is 0 Å². The highest BCUT2D eigenvalue weighted by molar-refractivity contribution is 7.99. The van der Waals surface area contributed by atoms with Crippen molar-refractivity contribution in [2.45, 2.75) is 23.7 Å². The average molecular weight is 438 g/mol. The fourth-order valence-corrected chi connectivity index (χ4v) is 5.49. The zero-order valence-corrected chi connectivity index (χ0v) is 18.3. The molecular weight excluding hydrogens is 414 g/mol. The van der Waals surface area contributed by atoms with Crippen molar-refractivity contribution in [3.05, 3.63) is 70.7 Å². The number of hydrogen-bond donors (Lipinski definition) is 0. The Hall–Kier alpha value is -2.01. The zero-order valence-electron chi connectivity index (χ0n) is 16.8. The van der Waals surface area contributed by atoms with Crippen molar-refractivity contribution in [2.24, 2.45) is 0 Å². The summed E-state index contributed by atoms with van der Waals surface area (Å²) in [5.41, 5.74) is 2.09. The van der Waals surface area contributed by atoms with Gasteiger partial charge in [-0.05, 0) is 65.6 Å². The van der Waals surface area contributed by atoms with Crippen molar-refractivity contribution >= 4 is 39.9 Å². The summed E-state index contributed by atoms with van der Waals surface area (Å²) in [4.78, 5) is 16.4. The molecule has 0 bridgehead atoms. The van der Waals surface area contributed by atoms with Gasteiger partial charge in [-0.2, -0.15) is 0 Å². The van der Waals surface area contributed by atoms with Gasteiger partial charge in [-0.15, -0.1) is 11.8 Å². The first-order chi connectivity index (χ1) is 14.7. The quantitative estimate of drug-likeness (QED) is 0.455. The second-order valence-electron chi connectivity index (χ2n) is 8.07. The highest BCUT2D eigenvalue weighted by atomic mass is 35.5. The Kier molecular flexibility index (Phi) is 5.72. The number of fused-ring (bicyclic) bond motifs is 2. The van der Waals surface area contributed by atoms with Crippen LogP contribution >= 0.6 is 23.4 Å². The van der Waals surface area contributed by atoms with E-state index in [1.165, 1.54) is 10.5 Å². The summed E-state index contributed by atoms with van der Waals surface area (Å²) in [6, 6.07) is 18.4. The van der Waals surface area contributed by atoms with Gasteiger partial charge in [-0.1, -0.05) is 35.9 Å². The first-order valence-electron chi connectivity index (χ1n) is 10.5. The number of likely N-dealkylation sites (tertiary alicyclic amines) is 1. The van der Waals surface area contributed by atoms with Crippen molar-refractivity contribution in [1.82, 2.24) is 4.90 Å². The van der Waals surface area contributed by atoms with Gasteiger partial charge in [0.2, 0.25) is 0 Å². The maximum absolute atomic E-state index is 12.9. The number of hydrogen-bond acceptors (Lipinski definition) is 4. The summed E-state index contributed by atoms with van der Waals surface area (Å²) in [5.74, 6) is 2.64. The first-order valence-corrected chi connectivity index (χ1v) is 11.9. The Balaban J connectivity index is 1.23. The molecule has 0 radical (unpaired) electrons. The predicted octanol–water partition coefficient (Wildman–Crippen LogP) is 6.04. The van der Waals surface area contributed by atoms with E-state index < -0.39 is 0 Å². The van der Waals surface area contributed by atoms with Gasteiger partial charge in [0, 0.05) is 35.8 Å². The largest absolute Gasteiger partial charge is 0.492 e. The molecule has 154 valence electrons. The third-order valence-electron chi connectivity index (χ3n) is 6.07. The van der Waals surface area contributed by atoms with Crippen LogP contribution in [-0.2, 0) is 0 Å². The molecule has 1 fully saturated rings. The van der Waals surface area contributed by atoms with Gasteiger partial charge in [-0.25, -0.2) is 0 Å². The van der Waals surface area contributed by atoms with Crippen molar-refractivity contribution in [3.63, 3.8) is 0 Å². The minimum absolute atomic E-state index is 0.205. The fraction of sp³-hybridized carbons (Fsp3) is 0.320. The highest BCUT2D eigenvalue weighted by Gasteiger charge is 2.24. The molecule has 2 aliphatic heterocycles. The molecule has 0 saturated carbocycles. The Morgan fingerprint density at radius 2 is 2.07 bits per heavy atom. The molecule has 5 heteroatoms. The molecule has 5 rings (SSSR count). The van der Waals surface area contributed by atoms with E-state index in [4.69, 9.17) is 16.3 Å². The molecule has 0 aliphatic carbocycles. The standard InChI is InChI=1S/C25H24ClNO2S/c26-22-3-1-2-17(13-22)20-6-8-27(16-20)9-7-23(28)19-5-4-18-15-25-24(14-21(18)12-19)29-10-11-30-25/h1-5,12-15,20H,6-11,16H2. The minimum atomic E-state index is 0.205. The molecule has 30 heavy (non-hydrogen) atoms. The fourth-order valence-electron chi connectivity index (χ4n) is 4.43. The van der Waals surface area contributed by atoms with Crippen molar-refractivity contribution in [1.29, 1.82) is 0 Å². The lowest BCUT2D eigenvalue weighted by Crippen LogP contribution is -2.23. The molecule has 3 aromatic rings. The Morgan fingerprint density at radius 3 is 2.97 bits per heavy atom. The highest BCUT2D eigenvalue weighted by Crippen LogP contribution is 2.37. The lowest BCUT2D eigenvalue weighted by molar-refractivity contribution is 0.0969. The summed E-state index contributed by atoms with van der Waals surface area (Å²) in [5, 5.41) is 3.03. The van der Waals surface area contributed by atoms with E-state index >= 15 is 0 Å². The number of thioether (sulfide) groups is 1. The van der Waals surface area contributed by atoms with Gasteiger partial charge in [0.25, 0.3) is 0 Å². The molecule has 0 aromatic heterocycles. The Labute approximate surface area is 186 Å². The van der Waals surface area contributed by atoms with Crippen molar-refractivity contribution in [2.75, 3.05) is 32.0 Å². The molecule has 3 nitrogen and oxygen atoms in total. The summed E-state index contributed by atoms with van der Waals surface area (Å²) in [6.07, 6.45) is 1.67. The molecule has 0 amide bonds. The summed E-state index contributed by atoms with van der Waals surface area (Å²) < 4.78 is 5.78. The van der Waals surface area contributed by atoms with E-state index in [0.717, 1.165) is 65.5 Å². The Bertz CT molecular complexity index is 1100. The number of rotatable bonds is 5.